The number of amides is 1. The summed E-state index contributed by atoms with van der Waals surface area (Å²) in [7, 11) is -4.88. The number of sulfonamides is 1. The molecule has 2 unspecified atom stereocenters. The fraction of sp³-hybridized carbons (Fsp3) is 0.462. The number of nitrogens with zero attached hydrogens (tertiary/aromatic N) is 1. The van der Waals surface area contributed by atoms with Gasteiger partial charge in [0.25, 0.3) is 10.0 Å². The third-order valence-electron chi connectivity index (χ3n) is 3.80. The van der Waals surface area contributed by atoms with Gasteiger partial charge in [-0.05, 0) is 40.4 Å². The van der Waals surface area contributed by atoms with Gasteiger partial charge in [0.1, 0.15) is 5.82 Å². The van der Waals surface area contributed by atoms with Gasteiger partial charge in [-0.1, -0.05) is 12.1 Å². The van der Waals surface area contributed by atoms with E-state index >= 15 is 0 Å². The van der Waals surface area contributed by atoms with Crippen LogP contribution in [0.3, 0.4) is 0 Å². The highest BCUT2D eigenvalue weighted by Gasteiger charge is 2.41. The molecule has 1 heterocycles. The molecule has 2 rings (SSSR count). The molecule has 0 radical (unpaired) electrons. The highest BCUT2D eigenvalue weighted by atomic mass is 79.9. The van der Waals surface area contributed by atoms with Crippen LogP contribution in [0.2, 0.25) is 0 Å². The number of hydrogen-bond donors (Lipinski definition) is 2. The van der Waals surface area contributed by atoms with Gasteiger partial charge in [0.05, 0.1) is 10.5 Å². The molecular formula is C13H14BrF3N2O4S. The molecule has 1 fully saturated rings. The Bertz CT molecular complexity index is 732. The average Bonchev–Trinajstić information content (AvgIpc) is 2.86. The molecule has 1 aromatic rings. The topological polar surface area (TPSA) is 86.7 Å². The first kappa shape index (κ1) is 19.0. The summed E-state index contributed by atoms with van der Waals surface area (Å²) >= 11 is 3.01. The second kappa shape index (κ2) is 7.28. The first-order valence-electron chi connectivity index (χ1n) is 6.85. The van der Waals surface area contributed by atoms with Gasteiger partial charge in [0.15, 0.2) is 0 Å². The molecule has 134 valence electrons. The molecule has 0 bridgehead atoms. The van der Waals surface area contributed by atoms with Gasteiger partial charge in [-0.3, -0.25) is 0 Å². The summed E-state index contributed by atoms with van der Waals surface area (Å²) in [6, 6.07) is 2.38. The molecule has 1 aromatic carbocycles. The first-order valence-corrected chi connectivity index (χ1v) is 9.19. The molecule has 1 amide bonds. The molecule has 1 aliphatic rings. The fourth-order valence-corrected chi connectivity index (χ4v) is 3.88. The number of halogens is 4. The monoisotopic (exact) mass is 430 g/mol. The minimum absolute atomic E-state index is 0.0263. The van der Waals surface area contributed by atoms with Crippen molar-refractivity contribution in [1.82, 2.24) is 9.62 Å². The Hall–Kier alpha value is -1.33. The number of benzene rings is 1. The SMILES string of the molecule is O=C(O)N1CCC(NS(=O)(=O)C(F)F)C1Cc1cccc(Br)c1F. The van der Waals surface area contributed by atoms with Crippen LogP contribution in [0, 0.1) is 5.82 Å². The van der Waals surface area contributed by atoms with Crippen molar-refractivity contribution in [3.05, 3.63) is 34.1 Å². The first-order chi connectivity index (χ1) is 11.1. The Labute approximate surface area is 144 Å². The van der Waals surface area contributed by atoms with E-state index in [0.717, 1.165) is 4.90 Å². The zero-order valence-corrected chi connectivity index (χ0v) is 14.5. The Morgan fingerprint density at radius 2 is 2.12 bits per heavy atom. The van der Waals surface area contributed by atoms with E-state index in [0.29, 0.717) is 0 Å². The van der Waals surface area contributed by atoms with Crippen molar-refractivity contribution in [2.45, 2.75) is 30.7 Å². The molecule has 2 atom stereocenters. The van der Waals surface area contributed by atoms with Crippen molar-refractivity contribution in [3.63, 3.8) is 0 Å². The largest absolute Gasteiger partial charge is 0.465 e. The lowest BCUT2D eigenvalue weighted by atomic mass is 10.0. The van der Waals surface area contributed by atoms with Crippen molar-refractivity contribution in [1.29, 1.82) is 0 Å². The van der Waals surface area contributed by atoms with Gasteiger partial charge < -0.3 is 10.0 Å². The van der Waals surface area contributed by atoms with Crippen molar-refractivity contribution in [3.8, 4) is 0 Å². The molecular weight excluding hydrogens is 417 g/mol. The molecule has 24 heavy (non-hydrogen) atoms. The molecule has 6 nitrogen and oxygen atoms in total. The van der Waals surface area contributed by atoms with E-state index in [-0.39, 0.29) is 29.4 Å². The number of hydrogen-bond acceptors (Lipinski definition) is 3. The van der Waals surface area contributed by atoms with Gasteiger partial charge in [-0.25, -0.2) is 22.3 Å². The lowest BCUT2D eigenvalue weighted by Gasteiger charge is -2.26. The van der Waals surface area contributed by atoms with Crippen molar-refractivity contribution in [2.24, 2.45) is 0 Å². The number of likely N-dealkylation sites (tertiary alicyclic amines) is 1. The normalized spacial score (nSPS) is 21.5. The maximum atomic E-state index is 14.1. The van der Waals surface area contributed by atoms with Crippen molar-refractivity contribution >= 4 is 32.0 Å². The fourth-order valence-electron chi connectivity index (χ4n) is 2.67. The van der Waals surface area contributed by atoms with Gasteiger partial charge >= 0.3 is 11.9 Å². The second-order valence-corrected chi connectivity index (χ2v) is 7.82. The highest BCUT2D eigenvalue weighted by molar-refractivity contribution is 9.10. The summed E-state index contributed by atoms with van der Waals surface area (Å²) < 4.78 is 63.9. The van der Waals surface area contributed by atoms with E-state index in [4.69, 9.17) is 0 Å². The van der Waals surface area contributed by atoms with Gasteiger partial charge in [-0.2, -0.15) is 8.78 Å². The number of nitrogens with one attached hydrogen (secondary N) is 1. The van der Waals surface area contributed by atoms with Crippen LogP contribution in [0.1, 0.15) is 12.0 Å². The standard InChI is InChI=1S/C13H14BrF3N2O4S/c14-8-3-1-2-7(11(8)15)6-10-9(4-5-19(10)13(20)21)18-24(22,23)12(16)17/h1-3,9-10,12,18H,4-6H2,(H,20,21). The Kier molecular flexibility index (Phi) is 5.76. The van der Waals surface area contributed by atoms with Crippen LogP contribution >= 0.6 is 15.9 Å². The number of carbonyl (C=O) groups is 1. The number of rotatable bonds is 5. The van der Waals surface area contributed by atoms with Crippen LogP contribution in [0.4, 0.5) is 18.0 Å². The van der Waals surface area contributed by atoms with Crippen molar-refractivity contribution < 1.29 is 31.5 Å². The molecule has 0 aliphatic carbocycles. The third kappa shape index (κ3) is 4.01. The van der Waals surface area contributed by atoms with Gasteiger partial charge in [0.2, 0.25) is 0 Å². The minimum atomic E-state index is -4.88. The zero-order chi connectivity index (χ0) is 18.1. The highest BCUT2D eigenvalue weighted by Crippen LogP contribution is 2.26. The lowest BCUT2D eigenvalue weighted by molar-refractivity contribution is 0.137. The lowest BCUT2D eigenvalue weighted by Crippen LogP contribution is -2.48. The Morgan fingerprint density at radius 3 is 2.71 bits per heavy atom. The molecule has 0 aromatic heterocycles. The third-order valence-corrected chi connectivity index (χ3v) is 5.52. The summed E-state index contributed by atoms with van der Waals surface area (Å²) in [6.07, 6.45) is -1.44. The van der Waals surface area contributed by atoms with E-state index in [1.807, 2.05) is 4.72 Å². The van der Waals surface area contributed by atoms with Crippen LogP contribution in [-0.4, -0.2) is 48.9 Å². The van der Waals surface area contributed by atoms with E-state index in [2.05, 4.69) is 15.9 Å². The summed E-state index contributed by atoms with van der Waals surface area (Å²) in [4.78, 5) is 12.2. The smallest absolute Gasteiger partial charge is 0.407 e. The summed E-state index contributed by atoms with van der Waals surface area (Å²) in [5.74, 6) is -4.23. The van der Waals surface area contributed by atoms with E-state index < -0.39 is 39.8 Å². The summed E-state index contributed by atoms with van der Waals surface area (Å²) in [5.41, 5.74) is 0.156. The van der Waals surface area contributed by atoms with Gasteiger partial charge in [0, 0.05) is 12.6 Å². The Morgan fingerprint density at radius 1 is 1.46 bits per heavy atom. The molecule has 2 N–H and O–H groups in total. The molecule has 0 saturated carbocycles. The summed E-state index contributed by atoms with van der Waals surface area (Å²) in [6.45, 7) is -0.0357. The summed E-state index contributed by atoms with van der Waals surface area (Å²) in [5, 5.41) is 9.21. The second-order valence-electron chi connectivity index (χ2n) is 5.28. The minimum Gasteiger partial charge on any atom is -0.465 e. The Balaban J connectivity index is 2.29. The zero-order valence-electron chi connectivity index (χ0n) is 12.1. The van der Waals surface area contributed by atoms with E-state index in [1.165, 1.54) is 12.1 Å². The number of carboxylic acid groups (broad SMARTS) is 1. The molecule has 0 spiro atoms. The van der Waals surface area contributed by atoms with E-state index in [9.17, 15) is 31.5 Å². The quantitative estimate of drug-likeness (QED) is 0.750. The number of alkyl halides is 2. The molecule has 1 saturated heterocycles. The molecule has 11 heteroatoms. The van der Waals surface area contributed by atoms with Crippen molar-refractivity contribution in [2.75, 3.05) is 6.54 Å². The average molecular weight is 431 g/mol. The van der Waals surface area contributed by atoms with Crippen LogP contribution in [-0.2, 0) is 16.4 Å². The molecule has 1 aliphatic heterocycles. The predicted octanol–water partition coefficient (Wildman–Crippen LogP) is 2.39. The van der Waals surface area contributed by atoms with Gasteiger partial charge in [-0.15, -0.1) is 0 Å². The maximum Gasteiger partial charge on any atom is 0.407 e. The van der Waals surface area contributed by atoms with Crippen LogP contribution in [0.5, 0.6) is 0 Å². The maximum absolute atomic E-state index is 14.1. The van der Waals surface area contributed by atoms with Crippen LogP contribution < -0.4 is 4.72 Å². The van der Waals surface area contributed by atoms with E-state index in [1.54, 1.807) is 6.07 Å². The van der Waals surface area contributed by atoms with Crippen LogP contribution in [0.25, 0.3) is 0 Å². The van der Waals surface area contributed by atoms with Crippen LogP contribution in [0.15, 0.2) is 22.7 Å². The predicted molar refractivity (Wildman–Crippen MR) is 82.8 cm³/mol.